The highest BCUT2D eigenvalue weighted by Crippen LogP contribution is 2.68. The van der Waals surface area contributed by atoms with Crippen LogP contribution in [0, 0.1) is 28.5 Å². The van der Waals surface area contributed by atoms with Gasteiger partial charge in [-0.1, -0.05) is 13.8 Å². The van der Waals surface area contributed by atoms with E-state index >= 15 is 0 Å². The Labute approximate surface area is 178 Å². The van der Waals surface area contributed by atoms with Gasteiger partial charge in [-0.2, -0.15) is 0 Å². The van der Waals surface area contributed by atoms with Crippen LogP contribution in [0.25, 0.3) is 0 Å². The molecule has 2 aliphatic carbocycles. The van der Waals surface area contributed by atoms with E-state index in [1.165, 1.54) is 12.1 Å². The van der Waals surface area contributed by atoms with E-state index in [1.54, 1.807) is 6.92 Å². The Morgan fingerprint density at radius 1 is 1.27 bits per heavy atom. The molecule has 1 heterocycles. The number of rotatable bonds is 6. The van der Waals surface area contributed by atoms with Crippen LogP contribution in [0.15, 0.2) is 29.2 Å². The molecule has 6 nitrogen and oxygen atoms in total. The average molecular weight is 439 g/mol. The van der Waals surface area contributed by atoms with Crippen molar-refractivity contribution >= 4 is 15.9 Å². The fraction of sp³-hybridized carbons (Fsp3) is 0.682. The number of sulfonamides is 1. The van der Waals surface area contributed by atoms with Crippen molar-refractivity contribution in [3.05, 3.63) is 30.1 Å². The smallest absolute Gasteiger partial charge is 0.240 e. The van der Waals surface area contributed by atoms with Gasteiger partial charge in [0.2, 0.25) is 15.9 Å². The second-order valence-electron chi connectivity index (χ2n) is 9.73. The quantitative estimate of drug-likeness (QED) is 0.715. The van der Waals surface area contributed by atoms with Crippen molar-refractivity contribution in [2.24, 2.45) is 22.7 Å². The number of halogens is 1. The second kappa shape index (κ2) is 7.57. The van der Waals surface area contributed by atoms with Crippen molar-refractivity contribution in [1.82, 2.24) is 10.0 Å². The molecule has 1 aliphatic heterocycles. The number of nitrogens with one attached hydrogen (secondary N) is 2. The van der Waals surface area contributed by atoms with Gasteiger partial charge in [-0.3, -0.25) is 4.79 Å². The van der Waals surface area contributed by atoms with Crippen LogP contribution in [0.4, 0.5) is 4.39 Å². The Morgan fingerprint density at radius 2 is 1.97 bits per heavy atom. The van der Waals surface area contributed by atoms with Gasteiger partial charge >= 0.3 is 0 Å². The van der Waals surface area contributed by atoms with E-state index in [9.17, 15) is 17.6 Å². The van der Waals surface area contributed by atoms with Crippen LogP contribution >= 0.6 is 0 Å². The summed E-state index contributed by atoms with van der Waals surface area (Å²) in [7, 11) is -3.69. The molecule has 1 aromatic rings. The van der Waals surface area contributed by atoms with E-state index < -0.39 is 15.8 Å². The first-order chi connectivity index (χ1) is 14.1. The SMILES string of the molecule is CC(=O)N[C@H]1C(C)(C)[C@@H]2C[C@@H]3[C@@H](CCNS(=O)(=O)c4ccc(F)cc4)OCCC31C2. The van der Waals surface area contributed by atoms with Gasteiger partial charge in [-0.05, 0) is 72.6 Å². The van der Waals surface area contributed by atoms with Crippen molar-refractivity contribution in [2.45, 2.75) is 63.5 Å². The number of hydrogen-bond donors (Lipinski definition) is 2. The molecule has 3 aliphatic rings. The summed E-state index contributed by atoms with van der Waals surface area (Å²) in [5.74, 6) is 0.377. The summed E-state index contributed by atoms with van der Waals surface area (Å²) in [4.78, 5) is 12.0. The molecule has 8 heteroatoms. The van der Waals surface area contributed by atoms with Crippen molar-refractivity contribution in [3.8, 4) is 0 Å². The molecule has 2 saturated carbocycles. The van der Waals surface area contributed by atoms with E-state index in [2.05, 4.69) is 23.9 Å². The van der Waals surface area contributed by atoms with Crippen LogP contribution in [-0.2, 0) is 19.6 Å². The normalized spacial score (nSPS) is 34.5. The molecular weight excluding hydrogens is 407 g/mol. The minimum absolute atomic E-state index is 0.00356. The highest BCUT2D eigenvalue weighted by atomic mass is 32.2. The Bertz CT molecular complexity index is 918. The van der Waals surface area contributed by atoms with Crippen LogP contribution in [0.3, 0.4) is 0 Å². The first-order valence-electron chi connectivity index (χ1n) is 10.7. The molecule has 0 radical (unpaired) electrons. The molecule has 0 aromatic heterocycles. The molecule has 1 unspecified atom stereocenters. The van der Waals surface area contributed by atoms with Crippen LogP contribution in [0.1, 0.15) is 46.5 Å². The number of amides is 1. The summed E-state index contributed by atoms with van der Waals surface area (Å²) < 4.78 is 46.7. The largest absolute Gasteiger partial charge is 0.378 e. The standard InChI is InChI=1S/C22H31FN2O4S/c1-14(26)25-20-21(2,3)15-12-18-19(29-11-9-22(18,20)13-15)8-10-24-30(27,28)17-6-4-16(23)5-7-17/h4-7,15,18-20,24H,8-13H2,1-3H3,(H,25,26)/t15-,18-,19-,20+,22?/m1/s1. The molecule has 4 rings (SSSR count). The fourth-order valence-electron chi connectivity index (χ4n) is 6.43. The molecule has 30 heavy (non-hydrogen) atoms. The summed E-state index contributed by atoms with van der Waals surface area (Å²) >= 11 is 0. The van der Waals surface area contributed by atoms with Crippen LogP contribution in [-0.4, -0.2) is 39.6 Å². The van der Waals surface area contributed by atoms with Gasteiger partial charge in [-0.15, -0.1) is 0 Å². The summed E-state index contributed by atoms with van der Waals surface area (Å²) in [6, 6.07) is 4.93. The Balaban J connectivity index is 1.44. The molecular formula is C22H31FN2O4S. The average Bonchev–Trinajstić information content (AvgIpc) is 3.15. The summed E-state index contributed by atoms with van der Waals surface area (Å²) in [6.07, 6.45) is 3.62. The lowest BCUT2D eigenvalue weighted by Gasteiger charge is -2.53. The highest BCUT2D eigenvalue weighted by molar-refractivity contribution is 7.89. The monoisotopic (exact) mass is 438 g/mol. The van der Waals surface area contributed by atoms with Crippen molar-refractivity contribution < 1.29 is 22.3 Å². The van der Waals surface area contributed by atoms with Gasteiger partial charge in [0.1, 0.15) is 5.82 Å². The number of hydrogen-bond acceptors (Lipinski definition) is 4. The maximum absolute atomic E-state index is 13.1. The minimum atomic E-state index is -3.69. The minimum Gasteiger partial charge on any atom is -0.378 e. The molecule has 1 amide bonds. The predicted molar refractivity (Wildman–Crippen MR) is 111 cm³/mol. The van der Waals surface area contributed by atoms with Gasteiger partial charge in [0.15, 0.2) is 0 Å². The number of fused-ring (bicyclic) bond motifs is 1. The maximum atomic E-state index is 13.1. The van der Waals surface area contributed by atoms with Crippen molar-refractivity contribution in [2.75, 3.05) is 13.2 Å². The third-order valence-electron chi connectivity index (χ3n) is 7.82. The van der Waals surface area contributed by atoms with Crippen molar-refractivity contribution in [3.63, 3.8) is 0 Å². The van der Waals surface area contributed by atoms with E-state index in [4.69, 9.17) is 4.74 Å². The molecule has 1 saturated heterocycles. The van der Waals surface area contributed by atoms with Gasteiger partial charge in [-0.25, -0.2) is 17.5 Å². The Morgan fingerprint density at radius 3 is 2.63 bits per heavy atom. The number of benzene rings is 1. The third kappa shape index (κ3) is 3.56. The van der Waals surface area contributed by atoms with Gasteiger partial charge in [0.25, 0.3) is 0 Å². The van der Waals surface area contributed by atoms with Crippen LogP contribution in [0.2, 0.25) is 0 Å². The Kier molecular flexibility index (Phi) is 5.48. The van der Waals surface area contributed by atoms with E-state index in [0.29, 0.717) is 24.9 Å². The maximum Gasteiger partial charge on any atom is 0.240 e. The summed E-state index contributed by atoms with van der Waals surface area (Å²) in [5.41, 5.74) is 0.0762. The van der Waals surface area contributed by atoms with Gasteiger partial charge in [0, 0.05) is 26.1 Å². The van der Waals surface area contributed by atoms with Crippen LogP contribution in [0.5, 0.6) is 0 Å². The highest BCUT2D eigenvalue weighted by Gasteiger charge is 2.68. The lowest BCUT2D eigenvalue weighted by atomic mass is 9.59. The van der Waals surface area contributed by atoms with Gasteiger partial charge < -0.3 is 10.1 Å². The predicted octanol–water partition coefficient (Wildman–Crippen LogP) is 2.84. The molecule has 1 spiro atoms. The molecule has 5 atom stereocenters. The zero-order valence-electron chi connectivity index (χ0n) is 17.8. The van der Waals surface area contributed by atoms with Crippen molar-refractivity contribution in [1.29, 1.82) is 0 Å². The van der Waals surface area contributed by atoms with E-state index in [0.717, 1.165) is 31.4 Å². The molecule has 166 valence electrons. The number of carbonyl (C=O) groups excluding carboxylic acids is 1. The van der Waals surface area contributed by atoms with E-state index in [1.807, 2.05) is 0 Å². The lowest BCUT2D eigenvalue weighted by Crippen LogP contribution is -2.60. The molecule has 2 bridgehead atoms. The summed E-state index contributed by atoms with van der Waals surface area (Å²) in [6.45, 7) is 6.98. The second-order valence-corrected chi connectivity index (χ2v) is 11.5. The first kappa shape index (κ1) is 21.7. The molecule has 3 fully saturated rings. The fourth-order valence-corrected chi connectivity index (χ4v) is 7.48. The van der Waals surface area contributed by atoms with Crippen LogP contribution < -0.4 is 10.0 Å². The first-order valence-corrected chi connectivity index (χ1v) is 12.2. The topological polar surface area (TPSA) is 84.5 Å². The number of carbonyl (C=O) groups is 1. The van der Waals surface area contributed by atoms with Gasteiger partial charge in [0.05, 0.1) is 11.0 Å². The lowest BCUT2D eigenvalue weighted by molar-refractivity contribution is -0.135. The van der Waals surface area contributed by atoms with E-state index in [-0.39, 0.29) is 40.3 Å². The zero-order chi connectivity index (χ0) is 21.7. The Hall–Kier alpha value is -1.51. The zero-order valence-corrected chi connectivity index (χ0v) is 18.6. The number of ether oxygens (including phenoxy) is 1. The molecule has 1 aromatic carbocycles. The molecule has 2 N–H and O–H groups in total. The summed E-state index contributed by atoms with van der Waals surface area (Å²) in [5, 5.41) is 3.24. The third-order valence-corrected chi connectivity index (χ3v) is 9.29.